The molecule has 0 atom stereocenters. The lowest BCUT2D eigenvalue weighted by molar-refractivity contribution is 0.502. The average Bonchev–Trinajstić information content (AvgIpc) is 2.70. The first-order valence-electron chi connectivity index (χ1n) is 6.32. The number of rotatable bonds is 3. The van der Waals surface area contributed by atoms with E-state index in [1.54, 1.807) is 0 Å². The van der Waals surface area contributed by atoms with Gasteiger partial charge in [-0.2, -0.15) is 0 Å². The van der Waals surface area contributed by atoms with Gasteiger partial charge in [0.15, 0.2) is 5.13 Å². The van der Waals surface area contributed by atoms with E-state index in [2.05, 4.69) is 18.8 Å². The molecule has 5 heteroatoms. The fraction of sp³-hybridized carbons (Fsp3) is 0.429. The molecule has 102 valence electrons. The van der Waals surface area contributed by atoms with Crippen LogP contribution in [0.5, 0.6) is 0 Å². The summed E-state index contributed by atoms with van der Waals surface area (Å²) in [6, 6.07) is 2.04. The van der Waals surface area contributed by atoms with Gasteiger partial charge in [0.2, 0.25) is 0 Å². The zero-order chi connectivity index (χ0) is 14.2. The van der Waals surface area contributed by atoms with Crippen LogP contribution in [0.2, 0.25) is 0 Å². The Kier molecular flexibility index (Phi) is 3.75. The first kappa shape index (κ1) is 13.8. The van der Waals surface area contributed by atoms with Gasteiger partial charge in [0.1, 0.15) is 0 Å². The molecule has 4 nitrogen and oxygen atoms in total. The van der Waals surface area contributed by atoms with Gasteiger partial charge in [0, 0.05) is 17.6 Å². The Bertz CT molecular complexity index is 655. The van der Waals surface area contributed by atoms with E-state index in [1.165, 1.54) is 11.3 Å². The molecule has 0 amide bonds. The Hall–Kier alpha value is -1.62. The Morgan fingerprint density at radius 2 is 2.11 bits per heavy atom. The van der Waals surface area contributed by atoms with Crippen LogP contribution < -0.4 is 11.3 Å². The smallest absolute Gasteiger partial charge is 0.260 e. The molecule has 0 fully saturated rings. The first-order valence-corrected chi connectivity index (χ1v) is 7.20. The van der Waals surface area contributed by atoms with E-state index in [0.29, 0.717) is 22.3 Å². The van der Waals surface area contributed by atoms with Crippen LogP contribution in [0.3, 0.4) is 0 Å². The van der Waals surface area contributed by atoms with Crippen molar-refractivity contribution in [3.63, 3.8) is 0 Å². The quantitative estimate of drug-likeness (QED) is 0.938. The van der Waals surface area contributed by atoms with Crippen LogP contribution in [0.15, 0.2) is 16.2 Å². The maximum Gasteiger partial charge on any atom is 0.260 e. The number of hydrogen-bond acceptors (Lipinski definition) is 4. The molecule has 2 heterocycles. The molecule has 0 aliphatic rings. The highest BCUT2D eigenvalue weighted by Crippen LogP contribution is 2.23. The Morgan fingerprint density at radius 3 is 2.63 bits per heavy atom. The number of nitrogen functional groups attached to an aromatic ring is 1. The van der Waals surface area contributed by atoms with Gasteiger partial charge in [-0.05, 0) is 31.4 Å². The van der Waals surface area contributed by atoms with Crippen molar-refractivity contribution in [1.29, 1.82) is 0 Å². The minimum absolute atomic E-state index is 0.0245. The standard InChI is InChI=1S/C14H19N3OS/c1-8(2)6-17-10(4)5-9(3)12(13(17)18)11-7-19-14(15)16-11/h5,7-8H,6H2,1-4H3,(H2,15,16). The molecule has 2 N–H and O–H groups in total. The molecule has 0 spiro atoms. The molecule has 0 aliphatic carbocycles. The van der Waals surface area contributed by atoms with Crippen LogP contribution >= 0.6 is 11.3 Å². The van der Waals surface area contributed by atoms with Crippen molar-refractivity contribution in [1.82, 2.24) is 9.55 Å². The third kappa shape index (κ3) is 2.71. The summed E-state index contributed by atoms with van der Waals surface area (Å²) >= 11 is 1.36. The highest BCUT2D eigenvalue weighted by Gasteiger charge is 2.15. The van der Waals surface area contributed by atoms with Crippen LogP contribution in [0, 0.1) is 19.8 Å². The fourth-order valence-electron chi connectivity index (χ4n) is 2.23. The van der Waals surface area contributed by atoms with Gasteiger partial charge in [-0.1, -0.05) is 13.8 Å². The van der Waals surface area contributed by atoms with Crippen molar-refractivity contribution in [2.45, 2.75) is 34.2 Å². The molecular formula is C14H19N3OS. The maximum absolute atomic E-state index is 12.6. The number of thiazole rings is 1. The van der Waals surface area contributed by atoms with Gasteiger partial charge < -0.3 is 10.3 Å². The molecule has 2 aromatic heterocycles. The van der Waals surface area contributed by atoms with Crippen molar-refractivity contribution in [2.24, 2.45) is 5.92 Å². The number of anilines is 1. The lowest BCUT2D eigenvalue weighted by Gasteiger charge is -2.15. The molecule has 0 aliphatic heterocycles. The van der Waals surface area contributed by atoms with Crippen LogP contribution in [0.1, 0.15) is 25.1 Å². The van der Waals surface area contributed by atoms with Gasteiger partial charge in [-0.25, -0.2) is 4.98 Å². The van der Waals surface area contributed by atoms with Crippen molar-refractivity contribution in [2.75, 3.05) is 5.73 Å². The molecule has 0 radical (unpaired) electrons. The second-order valence-electron chi connectivity index (χ2n) is 5.22. The molecule has 0 bridgehead atoms. The van der Waals surface area contributed by atoms with E-state index in [4.69, 9.17) is 5.73 Å². The van der Waals surface area contributed by atoms with E-state index in [-0.39, 0.29) is 5.56 Å². The van der Waals surface area contributed by atoms with E-state index in [9.17, 15) is 4.79 Å². The Balaban J connectivity index is 2.65. The van der Waals surface area contributed by atoms with Crippen molar-refractivity contribution < 1.29 is 0 Å². The van der Waals surface area contributed by atoms with Gasteiger partial charge in [-0.15, -0.1) is 11.3 Å². The van der Waals surface area contributed by atoms with Crippen molar-refractivity contribution in [3.8, 4) is 11.3 Å². The normalized spacial score (nSPS) is 11.2. The van der Waals surface area contributed by atoms with E-state index < -0.39 is 0 Å². The summed E-state index contributed by atoms with van der Waals surface area (Å²) < 4.78 is 1.82. The SMILES string of the molecule is Cc1cc(C)n(CC(C)C)c(=O)c1-c1csc(N)n1. The molecule has 0 saturated heterocycles. The number of nitrogens with two attached hydrogens (primary N) is 1. The minimum Gasteiger partial charge on any atom is -0.375 e. The highest BCUT2D eigenvalue weighted by molar-refractivity contribution is 7.13. The molecule has 19 heavy (non-hydrogen) atoms. The van der Waals surface area contributed by atoms with E-state index in [1.807, 2.05) is 29.9 Å². The Labute approximate surface area is 116 Å². The van der Waals surface area contributed by atoms with E-state index >= 15 is 0 Å². The van der Waals surface area contributed by atoms with Crippen LogP contribution in [0.4, 0.5) is 5.13 Å². The second-order valence-corrected chi connectivity index (χ2v) is 6.11. The Morgan fingerprint density at radius 1 is 1.42 bits per heavy atom. The lowest BCUT2D eigenvalue weighted by Crippen LogP contribution is -2.26. The third-order valence-electron chi connectivity index (χ3n) is 3.03. The second kappa shape index (κ2) is 5.17. The summed E-state index contributed by atoms with van der Waals surface area (Å²) in [6.45, 7) is 8.84. The zero-order valence-electron chi connectivity index (χ0n) is 11.7. The zero-order valence-corrected chi connectivity index (χ0v) is 12.5. The molecule has 0 unspecified atom stereocenters. The van der Waals surface area contributed by atoms with Crippen LogP contribution in [-0.2, 0) is 6.54 Å². The summed E-state index contributed by atoms with van der Waals surface area (Å²) in [5, 5.41) is 2.33. The monoisotopic (exact) mass is 277 g/mol. The summed E-state index contributed by atoms with van der Waals surface area (Å²) in [6.07, 6.45) is 0. The number of hydrogen-bond donors (Lipinski definition) is 1. The van der Waals surface area contributed by atoms with Gasteiger partial charge in [0.05, 0.1) is 11.3 Å². The predicted molar refractivity (Wildman–Crippen MR) is 80.5 cm³/mol. The number of nitrogens with zero attached hydrogens (tertiary/aromatic N) is 2. The summed E-state index contributed by atoms with van der Waals surface area (Å²) in [7, 11) is 0. The lowest BCUT2D eigenvalue weighted by atomic mass is 10.1. The topological polar surface area (TPSA) is 60.9 Å². The molecule has 0 saturated carbocycles. The highest BCUT2D eigenvalue weighted by atomic mass is 32.1. The largest absolute Gasteiger partial charge is 0.375 e. The third-order valence-corrected chi connectivity index (χ3v) is 3.70. The molecular weight excluding hydrogens is 258 g/mol. The van der Waals surface area contributed by atoms with E-state index in [0.717, 1.165) is 17.8 Å². The average molecular weight is 277 g/mol. The number of aromatic nitrogens is 2. The maximum atomic E-state index is 12.6. The van der Waals surface area contributed by atoms with Gasteiger partial charge in [0.25, 0.3) is 5.56 Å². The summed E-state index contributed by atoms with van der Waals surface area (Å²) in [5.74, 6) is 0.424. The van der Waals surface area contributed by atoms with Gasteiger partial charge in [-0.3, -0.25) is 4.79 Å². The van der Waals surface area contributed by atoms with Gasteiger partial charge >= 0.3 is 0 Å². The summed E-state index contributed by atoms with van der Waals surface area (Å²) in [5.41, 5.74) is 8.98. The molecule has 0 aromatic carbocycles. The van der Waals surface area contributed by atoms with Crippen molar-refractivity contribution >= 4 is 16.5 Å². The van der Waals surface area contributed by atoms with Crippen molar-refractivity contribution in [3.05, 3.63) is 33.1 Å². The molecule has 2 aromatic rings. The van der Waals surface area contributed by atoms with Crippen LogP contribution in [-0.4, -0.2) is 9.55 Å². The van der Waals surface area contributed by atoms with Crippen LogP contribution in [0.25, 0.3) is 11.3 Å². The first-order chi connectivity index (χ1) is 8.90. The number of pyridine rings is 1. The fourth-order valence-corrected chi connectivity index (χ4v) is 2.79. The summed E-state index contributed by atoms with van der Waals surface area (Å²) in [4.78, 5) is 16.9. The number of aryl methyl sites for hydroxylation is 2. The molecule has 2 rings (SSSR count). The minimum atomic E-state index is 0.0245. The predicted octanol–water partition coefficient (Wildman–Crippen LogP) is 2.83.